The first-order valence-electron chi connectivity index (χ1n) is 5.29. The van der Waals surface area contributed by atoms with E-state index in [9.17, 15) is 4.79 Å². The first kappa shape index (κ1) is 12.6. The highest BCUT2D eigenvalue weighted by atomic mass is 79.9. The van der Waals surface area contributed by atoms with Gasteiger partial charge in [-0.05, 0) is 42.8 Å². The summed E-state index contributed by atoms with van der Waals surface area (Å²) in [5.74, 6) is -0.657. The van der Waals surface area contributed by atoms with Gasteiger partial charge in [0, 0.05) is 16.4 Å². The SMILES string of the molecule is Cc1cc(Br)ccc1Nc1ncccc1C(=O)O. The van der Waals surface area contributed by atoms with E-state index in [2.05, 4.69) is 26.2 Å². The van der Waals surface area contributed by atoms with Crippen LogP contribution in [0.15, 0.2) is 41.0 Å². The molecule has 0 bridgehead atoms. The van der Waals surface area contributed by atoms with Crippen LogP contribution in [0, 0.1) is 6.92 Å². The molecular weight excluding hydrogens is 296 g/mol. The van der Waals surface area contributed by atoms with Crippen molar-refractivity contribution in [2.45, 2.75) is 6.92 Å². The van der Waals surface area contributed by atoms with E-state index in [1.165, 1.54) is 6.07 Å². The number of hydrogen-bond donors (Lipinski definition) is 2. The van der Waals surface area contributed by atoms with Crippen LogP contribution in [0.5, 0.6) is 0 Å². The molecular formula is C13H11BrN2O2. The van der Waals surface area contributed by atoms with Gasteiger partial charge in [0.1, 0.15) is 11.4 Å². The summed E-state index contributed by atoms with van der Waals surface area (Å²) < 4.78 is 0.977. The molecule has 0 amide bonds. The molecule has 0 radical (unpaired) electrons. The van der Waals surface area contributed by atoms with Gasteiger partial charge < -0.3 is 10.4 Å². The normalized spacial score (nSPS) is 10.1. The topological polar surface area (TPSA) is 62.2 Å². The lowest BCUT2D eigenvalue weighted by atomic mass is 10.2. The van der Waals surface area contributed by atoms with Gasteiger partial charge in [-0.25, -0.2) is 9.78 Å². The van der Waals surface area contributed by atoms with Crippen molar-refractivity contribution in [3.63, 3.8) is 0 Å². The zero-order valence-electron chi connectivity index (χ0n) is 9.64. The number of hydrogen-bond acceptors (Lipinski definition) is 3. The molecule has 2 rings (SSSR count). The molecule has 4 nitrogen and oxygen atoms in total. The minimum absolute atomic E-state index is 0.153. The Kier molecular flexibility index (Phi) is 3.62. The molecule has 0 aliphatic heterocycles. The maximum atomic E-state index is 11.1. The molecule has 2 N–H and O–H groups in total. The van der Waals surface area contributed by atoms with E-state index in [4.69, 9.17) is 5.11 Å². The number of halogens is 1. The van der Waals surface area contributed by atoms with Gasteiger partial charge in [-0.15, -0.1) is 0 Å². The van der Waals surface area contributed by atoms with Gasteiger partial charge in [0.2, 0.25) is 0 Å². The summed E-state index contributed by atoms with van der Waals surface area (Å²) in [6, 6.07) is 8.83. The average Bonchev–Trinajstić information content (AvgIpc) is 2.33. The van der Waals surface area contributed by atoms with Crippen LogP contribution in [0.2, 0.25) is 0 Å². The van der Waals surface area contributed by atoms with Crippen molar-refractivity contribution in [3.8, 4) is 0 Å². The van der Waals surface area contributed by atoms with Crippen molar-refractivity contribution >= 4 is 33.4 Å². The van der Waals surface area contributed by atoms with Crippen LogP contribution >= 0.6 is 15.9 Å². The number of anilines is 2. The number of aromatic carboxylic acids is 1. The molecule has 0 spiro atoms. The summed E-state index contributed by atoms with van der Waals surface area (Å²) in [4.78, 5) is 15.1. The highest BCUT2D eigenvalue weighted by Gasteiger charge is 2.11. The highest BCUT2D eigenvalue weighted by Crippen LogP contribution is 2.24. The number of benzene rings is 1. The maximum absolute atomic E-state index is 11.1. The van der Waals surface area contributed by atoms with Crippen LogP contribution in [0.4, 0.5) is 11.5 Å². The Morgan fingerprint density at radius 3 is 2.83 bits per heavy atom. The van der Waals surface area contributed by atoms with Crippen molar-refractivity contribution < 1.29 is 9.90 Å². The van der Waals surface area contributed by atoms with E-state index < -0.39 is 5.97 Å². The summed E-state index contributed by atoms with van der Waals surface area (Å²) >= 11 is 3.38. The Bertz CT molecular complexity index is 599. The van der Waals surface area contributed by atoms with E-state index >= 15 is 0 Å². The smallest absolute Gasteiger partial charge is 0.339 e. The third-order valence-electron chi connectivity index (χ3n) is 2.48. The van der Waals surface area contributed by atoms with Gasteiger partial charge in [-0.1, -0.05) is 15.9 Å². The number of carboxylic acids is 1. The van der Waals surface area contributed by atoms with E-state index in [0.717, 1.165) is 15.7 Å². The zero-order chi connectivity index (χ0) is 13.1. The van der Waals surface area contributed by atoms with E-state index in [-0.39, 0.29) is 5.56 Å². The lowest BCUT2D eigenvalue weighted by Gasteiger charge is -2.10. The van der Waals surface area contributed by atoms with Crippen molar-refractivity contribution in [2.75, 3.05) is 5.32 Å². The zero-order valence-corrected chi connectivity index (χ0v) is 11.2. The van der Waals surface area contributed by atoms with Crippen LogP contribution in [0.3, 0.4) is 0 Å². The minimum Gasteiger partial charge on any atom is -0.478 e. The molecule has 5 heteroatoms. The quantitative estimate of drug-likeness (QED) is 0.909. The van der Waals surface area contributed by atoms with Crippen LogP contribution in [-0.4, -0.2) is 16.1 Å². The fourth-order valence-electron chi connectivity index (χ4n) is 1.57. The second-order valence-corrected chi connectivity index (χ2v) is 4.70. The van der Waals surface area contributed by atoms with Crippen LogP contribution < -0.4 is 5.32 Å². The van der Waals surface area contributed by atoms with Crippen molar-refractivity contribution in [1.29, 1.82) is 0 Å². The Balaban J connectivity index is 2.37. The Morgan fingerprint density at radius 2 is 2.17 bits per heavy atom. The number of nitrogens with zero attached hydrogens (tertiary/aromatic N) is 1. The molecule has 1 aromatic carbocycles. The largest absolute Gasteiger partial charge is 0.478 e. The van der Waals surface area contributed by atoms with E-state index in [0.29, 0.717) is 5.82 Å². The summed E-state index contributed by atoms with van der Waals surface area (Å²) in [5.41, 5.74) is 1.99. The monoisotopic (exact) mass is 306 g/mol. The summed E-state index contributed by atoms with van der Waals surface area (Å²) in [7, 11) is 0. The Hall–Kier alpha value is -1.88. The van der Waals surface area contributed by atoms with Gasteiger partial charge in [0.15, 0.2) is 0 Å². The van der Waals surface area contributed by atoms with Gasteiger partial charge in [0.05, 0.1) is 0 Å². The third kappa shape index (κ3) is 2.68. The number of aryl methyl sites for hydroxylation is 1. The second-order valence-electron chi connectivity index (χ2n) is 3.79. The molecule has 0 atom stereocenters. The fourth-order valence-corrected chi connectivity index (χ4v) is 2.05. The molecule has 0 saturated heterocycles. The lowest BCUT2D eigenvalue weighted by Crippen LogP contribution is -2.05. The Labute approximate surface area is 113 Å². The molecule has 1 aromatic heterocycles. The van der Waals surface area contributed by atoms with Crippen LogP contribution in [0.1, 0.15) is 15.9 Å². The predicted octanol–water partition coefficient (Wildman–Crippen LogP) is 3.59. The molecule has 2 aromatic rings. The van der Waals surface area contributed by atoms with Gasteiger partial charge in [-0.3, -0.25) is 0 Å². The van der Waals surface area contributed by atoms with Gasteiger partial charge in [0.25, 0.3) is 0 Å². The third-order valence-corrected chi connectivity index (χ3v) is 2.97. The first-order valence-corrected chi connectivity index (χ1v) is 6.08. The Morgan fingerprint density at radius 1 is 1.39 bits per heavy atom. The molecule has 0 aliphatic carbocycles. The van der Waals surface area contributed by atoms with Gasteiger partial charge >= 0.3 is 5.97 Å². The van der Waals surface area contributed by atoms with Gasteiger partial charge in [-0.2, -0.15) is 0 Å². The standard InChI is InChI=1S/C13H11BrN2O2/c1-8-7-9(14)4-5-11(8)16-12-10(13(17)18)3-2-6-15-12/h2-7H,1H3,(H,15,16)(H,17,18). The summed E-state index contributed by atoms with van der Waals surface area (Å²) in [6.45, 7) is 1.94. The fraction of sp³-hybridized carbons (Fsp3) is 0.0769. The second kappa shape index (κ2) is 5.18. The first-order chi connectivity index (χ1) is 8.58. The summed E-state index contributed by atoms with van der Waals surface area (Å²) in [5, 5.41) is 12.1. The minimum atomic E-state index is -1.000. The number of aromatic nitrogens is 1. The molecule has 0 saturated carbocycles. The maximum Gasteiger partial charge on any atom is 0.339 e. The molecule has 0 aliphatic rings. The molecule has 0 fully saturated rings. The number of pyridine rings is 1. The lowest BCUT2D eigenvalue weighted by molar-refractivity contribution is 0.0697. The predicted molar refractivity (Wildman–Crippen MR) is 73.4 cm³/mol. The number of rotatable bonds is 3. The van der Waals surface area contributed by atoms with Crippen molar-refractivity contribution in [2.24, 2.45) is 0 Å². The van der Waals surface area contributed by atoms with Crippen LogP contribution in [0.25, 0.3) is 0 Å². The van der Waals surface area contributed by atoms with E-state index in [1.807, 2.05) is 25.1 Å². The van der Waals surface area contributed by atoms with Crippen molar-refractivity contribution in [1.82, 2.24) is 4.98 Å². The molecule has 0 unspecified atom stereocenters. The van der Waals surface area contributed by atoms with Crippen molar-refractivity contribution in [3.05, 3.63) is 52.1 Å². The van der Waals surface area contributed by atoms with Crippen LogP contribution in [-0.2, 0) is 0 Å². The molecule has 18 heavy (non-hydrogen) atoms. The van der Waals surface area contributed by atoms with E-state index in [1.54, 1.807) is 12.3 Å². The highest BCUT2D eigenvalue weighted by molar-refractivity contribution is 9.10. The molecule has 1 heterocycles. The summed E-state index contributed by atoms with van der Waals surface area (Å²) in [6.07, 6.45) is 1.56. The molecule has 92 valence electrons. The number of carbonyl (C=O) groups is 1. The average molecular weight is 307 g/mol. The number of nitrogens with one attached hydrogen (secondary N) is 1. The number of carboxylic acid groups (broad SMARTS) is 1.